The van der Waals surface area contributed by atoms with Gasteiger partial charge in [0.15, 0.2) is 0 Å². The Morgan fingerprint density at radius 1 is 1.00 bits per heavy atom. The minimum absolute atomic E-state index is 0.164. The minimum atomic E-state index is 0.164. The summed E-state index contributed by atoms with van der Waals surface area (Å²) in [6, 6.07) is 0. The van der Waals surface area contributed by atoms with Crippen LogP contribution >= 0.6 is 0 Å². The van der Waals surface area contributed by atoms with Crippen LogP contribution in [0, 0.1) is 27.7 Å². The fourth-order valence-corrected chi connectivity index (χ4v) is 2.43. The van der Waals surface area contributed by atoms with Crippen LogP contribution in [0.15, 0.2) is 0 Å². The average Bonchev–Trinajstić information content (AvgIpc) is 2.33. The maximum Gasteiger partial charge on any atom is 0.205 e. The van der Waals surface area contributed by atoms with Crippen LogP contribution in [-0.4, -0.2) is 13.0 Å². The minimum Gasteiger partial charge on any atom is -0.307 e. The lowest BCUT2D eigenvalue weighted by molar-refractivity contribution is 0.107. The van der Waals surface area contributed by atoms with Gasteiger partial charge in [-0.15, -0.1) is 0 Å². The zero-order valence-electron chi connectivity index (χ0n) is 11.9. The van der Waals surface area contributed by atoms with Gasteiger partial charge in [-0.1, -0.05) is 20.2 Å². The van der Waals surface area contributed by atoms with E-state index in [4.69, 9.17) is 0 Å². The number of carbonyl (C=O) groups is 1. The van der Waals surface area contributed by atoms with Gasteiger partial charge in [-0.3, -0.25) is 0 Å². The highest BCUT2D eigenvalue weighted by atomic mass is 16.1. The number of carbonyl (C=O) groups excluding carboxylic acids is 1. The Bertz CT molecular complexity index is 447. The fraction of sp³-hybridized carbons (Fsp3) is 0.533. The van der Waals surface area contributed by atoms with E-state index in [2.05, 4.69) is 34.6 Å². The van der Waals surface area contributed by atoms with Crippen molar-refractivity contribution in [1.29, 1.82) is 0 Å². The van der Waals surface area contributed by atoms with Crippen molar-refractivity contribution in [2.45, 2.75) is 54.3 Å². The molecule has 0 aromatic heterocycles. The van der Waals surface area contributed by atoms with Crippen LogP contribution in [0.1, 0.15) is 51.5 Å². The molecule has 0 aliphatic rings. The van der Waals surface area contributed by atoms with Gasteiger partial charge in [-0.2, -0.15) is 0 Å². The van der Waals surface area contributed by atoms with Crippen molar-refractivity contribution in [3.8, 4) is 0 Å². The van der Waals surface area contributed by atoms with Gasteiger partial charge in [-0.05, 0) is 61.9 Å². The molecule has 0 atom stereocenters. The van der Waals surface area contributed by atoms with E-state index in [9.17, 15) is 4.79 Å². The van der Waals surface area contributed by atoms with E-state index in [0.29, 0.717) is 0 Å². The molecule has 1 aromatic carbocycles. The first kappa shape index (κ1) is 14.0. The van der Waals surface area contributed by atoms with E-state index in [1.807, 2.05) is 6.82 Å². The maximum atomic E-state index is 12.1. The van der Waals surface area contributed by atoms with E-state index >= 15 is 0 Å². The van der Waals surface area contributed by atoms with E-state index < -0.39 is 0 Å². The molecular weight excluding hydrogens is 207 g/mol. The monoisotopic (exact) mass is 229 g/mol. The van der Waals surface area contributed by atoms with Gasteiger partial charge >= 0.3 is 0 Å². The van der Waals surface area contributed by atoms with E-state index in [1.54, 1.807) is 7.28 Å². The van der Waals surface area contributed by atoms with E-state index in [-0.39, 0.29) is 5.68 Å². The molecule has 2 heteroatoms. The van der Waals surface area contributed by atoms with Crippen LogP contribution in [0.3, 0.4) is 0 Å². The second-order valence-corrected chi connectivity index (χ2v) is 4.76. The molecular formula is C15H22BO. The van der Waals surface area contributed by atoms with Gasteiger partial charge < -0.3 is 4.79 Å². The van der Waals surface area contributed by atoms with E-state index in [1.165, 1.54) is 22.3 Å². The summed E-state index contributed by atoms with van der Waals surface area (Å²) in [7, 11) is 1.68. The van der Waals surface area contributed by atoms with Crippen molar-refractivity contribution in [3.05, 3.63) is 33.4 Å². The molecule has 0 heterocycles. The van der Waals surface area contributed by atoms with Crippen molar-refractivity contribution in [2.24, 2.45) is 0 Å². The largest absolute Gasteiger partial charge is 0.307 e. The Kier molecular flexibility index (Phi) is 4.56. The third-order valence-electron chi connectivity index (χ3n) is 3.83. The first-order chi connectivity index (χ1) is 7.95. The molecule has 0 amide bonds. The third kappa shape index (κ3) is 2.46. The standard InChI is InChI=1S/C15H22BO/c1-7-8-13-11(4)9(2)10(3)12(5)14(13)15(17)16-6/h7-8H2,1-6H3. The second kappa shape index (κ2) is 5.53. The number of hydrogen-bond acceptors (Lipinski definition) is 1. The number of benzene rings is 1. The van der Waals surface area contributed by atoms with Crippen LogP contribution in [0.5, 0.6) is 0 Å². The van der Waals surface area contributed by atoms with Gasteiger partial charge in [-0.25, -0.2) is 0 Å². The van der Waals surface area contributed by atoms with Crippen LogP contribution in [-0.2, 0) is 6.42 Å². The Labute approximate surface area is 106 Å². The van der Waals surface area contributed by atoms with Gasteiger partial charge in [0.1, 0.15) is 5.68 Å². The molecule has 0 unspecified atom stereocenters. The summed E-state index contributed by atoms with van der Waals surface area (Å²) in [5.41, 5.74) is 7.38. The molecule has 17 heavy (non-hydrogen) atoms. The Hall–Kier alpha value is -1.05. The summed E-state index contributed by atoms with van der Waals surface area (Å²) in [5.74, 6) is 0. The molecule has 1 nitrogen and oxygen atoms in total. The predicted molar refractivity (Wildman–Crippen MR) is 75.3 cm³/mol. The van der Waals surface area contributed by atoms with Crippen molar-refractivity contribution < 1.29 is 4.79 Å². The molecule has 0 aliphatic heterocycles. The van der Waals surface area contributed by atoms with Crippen molar-refractivity contribution in [2.75, 3.05) is 0 Å². The Morgan fingerprint density at radius 3 is 2.00 bits per heavy atom. The predicted octanol–water partition coefficient (Wildman–Crippen LogP) is 3.77. The number of rotatable bonds is 4. The summed E-state index contributed by atoms with van der Waals surface area (Å²) >= 11 is 0. The van der Waals surface area contributed by atoms with Crippen molar-refractivity contribution >= 4 is 13.0 Å². The number of hydrogen-bond donors (Lipinski definition) is 0. The second-order valence-electron chi connectivity index (χ2n) is 4.76. The first-order valence-corrected chi connectivity index (χ1v) is 6.38. The van der Waals surface area contributed by atoms with Gasteiger partial charge in [0.25, 0.3) is 0 Å². The topological polar surface area (TPSA) is 17.1 Å². The lowest BCUT2D eigenvalue weighted by atomic mass is 9.69. The fourth-order valence-electron chi connectivity index (χ4n) is 2.43. The Balaban J connectivity index is 3.59. The molecule has 1 rings (SSSR count). The lowest BCUT2D eigenvalue weighted by Crippen LogP contribution is -2.15. The summed E-state index contributed by atoms with van der Waals surface area (Å²) in [6.45, 7) is 12.5. The lowest BCUT2D eigenvalue weighted by Gasteiger charge is -2.19. The van der Waals surface area contributed by atoms with Crippen molar-refractivity contribution in [3.63, 3.8) is 0 Å². The molecule has 0 N–H and O–H groups in total. The average molecular weight is 229 g/mol. The summed E-state index contributed by atoms with van der Waals surface area (Å²) < 4.78 is 0. The van der Waals surface area contributed by atoms with Crippen LogP contribution in [0.25, 0.3) is 0 Å². The smallest absolute Gasteiger partial charge is 0.205 e. The molecule has 0 saturated heterocycles. The first-order valence-electron chi connectivity index (χ1n) is 6.38. The maximum absolute atomic E-state index is 12.1. The molecule has 0 fully saturated rings. The quantitative estimate of drug-likeness (QED) is 0.718. The van der Waals surface area contributed by atoms with Crippen LogP contribution in [0.2, 0.25) is 6.82 Å². The van der Waals surface area contributed by atoms with Crippen LogP contribution in [0.4, 0.5) is 0 Å². The highest BCUT2D eigenvalue weighted by molar-refractivity contribution is 6.76. The molecule has 0 saturated carbocycles. The Morgan fingerprint density at radius 2 is 1.53 bits per heavy atom. The van der Waals surface area contributed by atoms with Gasteiger partial charge in [0, 0.05) is 5.56 Å². The van der Waals surface area contributed by atoms with E-state index in [0.717, 1.165) is 24.0 Å². The summed E-state index contributed by atoms with van der Waals surface area (Å²) in [6.07, 6.45) is 2.06. The van der Waals surface area contributed by atoms with Crippen LogP contribution < -0.4 is 0 Å². The molecule has 0 aliphatic carbocycles. The zero-order valence-corrected chi connectivity index (χ0v) is 11.9. The summed E-state index contributed by atoms with van der Waals surface area (Å²) in [4.78, 5) is 12.1. The third-order valence-corrected chi connectivity index (χ3v) is 3.83. The molecule has 1 aromatic rings. The molecule has 0 spiro atoms. The highest BCUT2D eigenvalue weighted by Gasteiger charge is 2.18. The SMILES string of the molecule is C[B]C(=O)c1c(C)c(C)c(C)c(C)c1CCC. The van der Waals surface area contributed by atoms with Crippen molar-refractivity contribution in [1.82, 2.24) is 0 Å². The molecule has 91 valence electrons. The highest BCUT2D eigenvalue weighted by Crippen LogP contribution is 2.27. The normalized spacial score (nSPS) is 10.5. The molecule has 0 bridgehead atoms. The van der Waals surface area contributed by atoms with Gasteiger partial charge in [0.05, 0.1) is 0 Å². The zero-order chi connectivity index (χ0) is 13.2. The van der Waals surface area contributed by atoms with Gasteiger partial charge in [0.2, 0.25) is 7.28 Å². The summed E-state index contributed by atoms with van der Waals surface area (Å²) in [5, 5.41) is 0. The molecule has 1 radical (unpaired) electrons.